The van der Waals surface area contributed by atoms with Crippen molar-refractivity contribution < 1.29 is 0 Å². The van der Waals surface area contributed by atoms with Crippen molar-refractivity contribution in [1.82, 2.24) is 0 Å². The Kier molecular flexibility index (Phi) is 2.53. The molecule has 0 spiro atoms. The van der Waals surface area contributed by atoms with Gasteiger partial charge in [-0.25, -0.2) is 0 Å². The van der Waals surface area contributed by atoms with Gasteiger partial charge in [0.15, 0.2) is 0 Å². The molecule has 0 atom stereocenters. The van der Waals surface area contributed by atoms with E-state index in [4.69, 9.17) is 23.2 Å². The summed E-state index contributed by atoms with van der Waals surface area (Å²) in [5.41, 5.74) is 0.106. The lowest BCUT2D eigenvalue weighted by Crippen LogP contribution is -2.08. The third kappa shape index (κ3) is 1.90. The minimum Gasteiger partial charge on any atom is -0.145 e. The molecule has 0 N–H and O–H groups in total. The van der Waals surface area contributed by atoms with E-state index in [-0.39, 0.29) is 5.41 Å². The van der Waals surface area contributed by atoms with Gasteiger partial charge in [0.05, 0.1) is 10.0 Å². The minimum atomic E-state index is 0.106. The topological polar surface area (TPSA) is 0 Å². The largest absolute Gasteiger partial charge is 0.145 e. The fraction of sp³-hybridized carbons (Fsp3) is 0.500. The van der Waals surface area contributed by atoms with Crippen LogP contribution in [0.3, 0.4) is 0 Å². The lowest BCUT2D eigenvalue weighted by atomic mass is 9.95. The summed E-state index contributed by atoms with van der Waals surface area (Å²) < 4.78 is 0. The van der Waals surface area contributed by atoms with Gasteiger partial charge >= 0.3 is 0 Å². The second-order valence-corrected chi connectivity index (χ2v) is 5.14. The van der Waals surface area contributed by atoms with E-state index in [0.717, 1.165) is 4.88 Å². The minimum absolute atomic E-state index is 0.106. The Morgan fingerprint density at radius 3 is 2.00 bits per heavy atom. The van der Waals surface area contributed by atoms with Gasteiger partial charge in [0.25, 0.3) is 0 Å². The van der Waals surface area contributed by atoms with Crippen molar-refractivity contribution >= 4 is 34.5 Å². The van der Waals surface area contributed by atoms with Crippen molar-refractivity contribution in [3.63, 3.8) is 0 Å². The van der Waals surface area contributed by atoms with Crippen molar-refractivity contribution in [2.75, 3.05) is 0 Å². The maximum absolute atomic E-state index is 5.97. The second kappa shape index (κ2) is 2.96. The second-order valence-electron chi connectivity index (χ2n) is 3.48. The predicted molar refractivity (Wildman–Crippen MR) is 53.0 cm³/mol. The molecule has 1 aromatic heterocycles. The third-order valence-electron chi connectivity index (χ3n) is 1.37. The summed E-state index contributed by atoms with van der Waals surface area (Å²) >= 11 is 13.4. The Bertz CT molecular complexity index is 258. The van der Waals surface area contributed by atoms with Crippen molar-refractivity contribution in [2.24, 2.45) is 0 Å². The summed E-state index contributed by atoms with van der Waals surface area (Å²) in [4.78, 5) is 1.16. The van der Waals surface area contributed by atoms with E-state index in [2.05, 4.69) is 20.8 Å². The fourth-order valence-electron chi connectivity index (χ4n) is 0.829. The van der Waals surface area contributed by atoms with Crippen LogP contribution in [0.25, 0.3) is 0 Å². The molecule has 0 aliphatic rings. The fourth-order valence-corrected chi connectivity index (χ4v) is 2.56. The molecule has 3 heteroatoms. The van der Waals surface area contributed by atoms with E-state index in [9.17, 15) is 0 Å². The number of rotatable bonds is 0. The van der Waals surface area contributed by atoms with E-state index < -0.39 is 0 Å². The summed E-state index contributed by atoms with van der Waals surface area (Å²) in [5.74, 6) is 0. The van der Waals surface area contributed by atoms with Crippen LogP contribution in [0.15, 0.2) is 5.38 Å². The quantitative estimate of drug-likeness (QED) is 0.595. The van der Waals surface area contributed by atoms with Crippen molar-refractivity contribution in [3.8, 4) is 0 Å². The summed E-state index contributed by atoms with van der Waals surface area (Å²) in [7, 11) is 0. The molecule has 0 bridgehead atoms. The summed E-state index contributed by atoms with van der Waals surface area (Å²) in [6.45, 7) is 6.38. The van der Waals surface area contributed by atoms with Crippen LogP contribution < -0.4 is 0 Å². The molecule has 0 saturated heterocycles. The smallest absolute Gasteiger partial charge is 0.0736 e. The maximum atomic E-state index is 5.97. The molecule has 0 aliphatic carbocycles. The third-order valence-corrected chi connectivity index (χ3v) is 3.81. The highest BCUT2D eigenvalue weighted by molar-refractivity contribution is 7.11. The van der Waals surface area contributed by atoms with Crippen LogP contribution in [0.2, 0.25) is 10.0 Å². The number of thiophene rings is 1. The van der Waals surface area contributed by atoms with Crippen LogP contribution in [0.1, 0.15) is 25.6 Å². The highest BCUT2D eigenvalue weighted by Gasteiger charge is 2.20. The van der Waals surface area contributed by atoms with Crippen LogP contribution in [0.5, 0.6) is 0 Å². The van der Waals surface area contributed by atoms with E-state index in [0.29, 0.717) is 10.0 Å². The molecule has 1 heterocycles. The van der Waals surface area contributed by atoms with Gasteiger partial charge in [-0.05, 0) is 5.41 Å². The Morgan fingerprint density at radius 1 is 1.27 bits per heavy atom. The highest BCUT2D eigenvalue weighted by Crippen LogP contribution is 2.39. The lowest BCUT2D eigenvalue weighted by Gasteiger charge is -2.16. The zero-order valence-corrected chi connectivity index (χ0v) is 9.07. The lowest BCUT2D eigenvalue weighted by molar-refractivity contribution is 0.604. The standard InChI is InChI=1S/C8H10Cl2S/c1-8(2,3)7-6(10)5(9)4-11-7/h4H,1-3H3. The Balaban J connectivity index is 3.15. The monoisotopic (exact) mass is 208 g/mol. The first kappa shape index (κ1) is 9.37. The van der Waals surface area contributed by atoms with Gasteiger partial charge in [0.2, 0.25) is 0 Å². The first-order valence-electron chi connectivity index (χ1n) is 3.36. The normalized spacial score (nSPS) is 12.1. The molecular weight excluding hydrogens is 199 g/mol. The zero-order chi connectivity index (χ0) is 8.65. The molecule has 0 nitrogen and oxygen atoms in total. The molecule has 11 heavy (non-hydrogen) atoms. The predicted octanol–water partition coefficient (Wildman–Crippen LogP) is 4.35. The molecule has 0 saturated carbocycles. The van der Waals surface area contributed by atoms with Gasteiger partial charge in [0.1, 0.15) is 0 Å². The van der Waals surface area contributed by atoms with Gasteiger partial charge in [-0.15, -0.1) is 11.3 Å². The molecule has 0 aliphatic heterocycles. The average Bonchev–Trinajstić information content (AvgIpc) is 2.11. The average molecular weight is 209 g/mol. The van der Waals surface area contributed by atoms with E-state index >= 15 is 0 Å². The Labute approximate surface area is 81.1 Å². The van der Waals surface area contributed by atoms with Gasteiger partial charge < -0.3 is 0 Å². The molecule has 62 valence electrons. The molecule has 0 aromatic carbocycles. The summed E-state index contributed by atoms with van der Waals surface area (Å²) in [6, 6.07) is 0. The number of hydrogen-bond acceptors (Lipinski definition) is 1. The summed E-state index contributed by atoms with van der Waals surface area (Å²) in [5, 5.41) is 3.26. The molecule has 1 rings (SSSR count). The Hall–Kier alpha value is 0.280. The first-order valence-corrected chi connectivity index (χ1v) is 4.99. The van der Waals surface area contributed by atoms with Crippen molar-refractivity contribution in [2.45, 2.75) is 26.2 Å². The highest BCUT2D eigenvalue weighted by atomic mass is 35.5. The van der Waals surface area contributed by atoms with Gasteiger partial charge in [-0.3, -0.25) is 0 Å². The zero-order valence-electron chi connectivity index (χ0n) is 6.74. The molecule has 0 fully saturated rings. The van der Waals surface area contributed by atoms with Crippen molar-refractivity contribution in [1.29, 1.82) is 0 Å². The van der Waals surface area contributed by atoms with Crippen LogP contribution in [0.4, 0.5) is 0 Å². The summed E-state index contributed by atoms with van der Waals surface area (Å²) in [6.07, 6.45) is 0. The maximum Gasteiger partial charge on any atom is 0.0736 e. The van der Waals surface area contributed by atoms with Crippen molar-refractivity contribution in [3.05, 3.63) is 20.3 Å². The van der Waals surface area contributed by atoms with Gasteiger partial charge in [-0.2, -0.15) is 0 Å². The molecular formula is C8H10Cl2S. The molecule has 0 unspecified atom stereocenters. The van der Waals surface area contributed by atoms with Gasteiger partial charge in [0, 0.05) is 10.3 Å². The Morgan fingerprint density at radius 2 is 1.82 bits per heavy atom. The number of hydrogen-bond donors (Lipinski definition) is 0. The van der Waals surface area contributed by atoms with Gasteiger partial charge in [-0.1, -0.05) is 44.0 Å². The first-order chi connectivity index (χ1) is 4.93. The van der Waals surface area contributed by atoms with E-state index in [1.54, 1.807) is 11.3 Å². The van der Waals surface area contributed by atoms with Crippen LogP contribution in [0, 0.1) is 0 Å². The van der Waals surface area contributed by atoms with Crippen LogP contribution >= 0.6 is 34.5 Å². The molecule has 0 radical (unpaired) electrons. The van der Waals surface area contributed by atoms with E-state index in [1.807, 2.05) is 5.38 Å². The number of halogens is 2. The van der Waals surface area contributed by atoms with Crippen LogP contribution in [-0.2, 0) is 5.41 Å². The molecule has 1 aromatic rings. The molecule has 0 amide bonds. The van der Waals surface area contributed by atoms with Crippen LogP contribution in [-0.4, -0.2) is 0 Å². The van der Waals surface area contributed by atoms with E-state index in [1.165, 1.54) is 0 Å². The SMILES string of the molecule is CC(C)(C)c1scc(Cl)c1Cl.